The third-order valence-corrected chi connectivity index (χ3v) is 2.70. The van der Waals surface area contributed by atoms with Gasteiger partial charge in [0, 0.05) is 19.2 Å². The Morgan fingerprint density at radius 3 is 2.76 bits per heavy atom. The van der Waals surface area contributed by atoms with Crippen LogP contribution in [-0.4, -0.2) is 24.1 Å². The predicted octanol–water partition coefficient (Wildman–Crippen LogP) is 2.35. The lowest BCUT2D eigenvalue weighted by atomic mass is 10.2. The Bertz CT molecular complexity index is 480. The summed E-state index contributed by atoms with van der Waals surface area (Å²) < 4.78 is 0. The van der Waals surface area contributed by atoms with E-state index in [1.54, 1.807) is 0 Å². The number of hydrogen-bond donors (Lipinski definition) is 0. The molecule has 1 fully saturated rings. The van der Waals surface area contributed by atoms with E-state index in [0.717, 1.165) is 6.42 Å². The minimum atomic E-state index is -0.517. The first-order chi connectivity index (χ1) is 8.20. The van der Waals surface area contributed by atoms with Gasteiger partial charge in [-0.15, -0.1) is 0 Å². The Labute approximate surface area is 103 Å². The second-order valence-corrected chi connectivity index (χ2v) is 3.93. The minimum absolute atomic E-state index is 0.255. The molecule has 0 aliphatic carbocycles. The maximum absolute atomic E-state index is 11.3. The maximum atomic E-state index is 11.3. The average Bonchev–Trinajstić information content (AvgIpc) is 2.24. The fraction of sp³-hybridized carbons (Fsp3) is 0.273. The highest BCUT2D eigenvalue weighted by Gasteiger charge is 2.22. The topological polar surface area (TPSA) is 62.6 Å². The number of halogens is 1. The van der Waals surface area contributed by atoms with Crippen LogP contribution in [0.1, 0.15) is 12.0 Å². The summed E-state index contributed by atoms with van der Waals surface area (Å²) in [5.74, 6) is 0.280. The zero-order valence-corrected chi connectivity index (χ0v) is 9.61. The Balaban J connectivity index is 1.93. The first-order valence-corrected chi connectivity index (χ1v) is 5.41. The summed E-state index contributed by atoms with van der Waals surface area (Å²) in [7, 11) is 0. The minimum Gasteiger partial charge on any atom is -0.305 e. The molecule has 0 radical (unpaired) electrons. The molecule has 1 amide bonds. The second-order valence-electron chi connectivity index (χ2n) is 3.53. The van der Waals surface area contributed by atoms with Gasteiger partial charge >= 0.3 is 6.09 Å². The van der Waals surface area contributed by atoms with Crippen LogP contribution in [0.5, 0.6) is 5.75 Å². The van der Waals surface area contributed by atoms with Crippen molar-refractivity contribution < 1.29 is 14.6 Å². The number of rotatable bonds is 2. The first kappa shape index (κ1) is 11.6. The summed E-state index contributed by atoms with van der Waals surface area (Å²) >= 11 is 5.79. The van der Waals surface area contributed by atoms with Crippen LogP contribution in [0, 0.1) is 11.3 Å². The van der Waals surface area contributed by atoms with Gasteiger partial charge in [-0.3, -0.25) is 4.89 Å². The summed E-state index contributed by atoms with van der Waals surface area (Å²) in [4.78, 5) is 22.2. The van der Waals surface area contributed by atoms with Gasteiger partial charge < -0.3 is 4.90 Å². The molecule has 1 aromatic carbocycles. The standard InChI is InChI=1S/C11H9ClN2O3/c12-10-6-9(3-2-8(10)7-13)16-17-11(15)14-4-1-5-14/h2-3,6H,1,4-5H2. The molecule has 5 nitrogen and oxygen atoms in total. The van der Waals surface area contributed by atoms with E-state index in [0.29, 0.717) is 18.7 Å². The molecule has 1 aliphatic heterocycles. The van der Waals surface area contributed by atoms with Crippen LogP contribution in [0.3, 0.4) is 0 Å². The van der Waals surface area contributed by atoms with E-state index >= 15 is 0 Å². The fourth-order valence-corrected chi connectivity index (χ4v) is 1.49. The molecule has 0 atom stereocenters. The number of hydrogen-bond acceptors (Lipinski definition) is 4. The number of carbonyl (C=O) groups excluding carboxylic acids is 1. The number of likely N-dealkylation sites (tertiary alicyclic amines) is 1. The van der Waals surface area contributed by atoms with E-state index in [1.807, 2.05) is 6.07 Å². The van der Waals surface area contributed by atoms with Crippen LogP contribution in [0.2, 0.25) is 5.02 Å². The van der Waals surface area contributed by atoms with Crippen molar-refractivity contribution in [2.75, 3.05) is 13.1 Å². The van der Waals surface area contributed by atoms with Crippen molar-refractivity contribution in [2.45, 2.75) is 6.42 Å². The Morgan fingerprint density at radius 2 is 2.24 bits per heavy atom. The normalized spacial score (nSPS) is 13.5. The lowest BCUT2D eigenvalue weighted by molar-refractivity contribution is -0.157. The molecule has 0 unspecified atom stereocenters. The monoisotopic (exact) mass is 252 g/mol. The molecular formula is C11H9ClN2O3. The molecule has 88 valence electrons. The molecule has 1 saturated heterocycles. The van der Waals surface area contributed by atoms with Crippen molar-refractivity contribution in [3.63, 3.8) is 0 Å². The summed E-state index contributed by atoms with van der Waals surface area (Å²) in [6.45, 7) is 1.38. The van der Waals surface area contributed by atoms with Crippen LogP contribution in [0.4, 0.5) is 4.79 Å². The van der Waals surface area contributed by atoms with Gasteiger partial charge in [0.2, 0.25) is 0 Å². The number of nitrogens with zero attached hydrogens (tertiary/aromatic N) is 2. The van der Waals surface area contributed by atoms with E-state index in [4.69, 9.17) is 21.8 Å². The van der Waals surface area contributed by atoms with Gasteiger partial charge in [0.25, 0.3) is 0 Å². The average molecular weight is 253 g/mol. The van der Waals surface area contributed by atoms with Crippen molar-refractivity contribution >= 4 is 17.7 Å². The van der Waals surface area contributed by atoms with Crippen molar-refractivity contribution in [3.8, 4) is 11.8 Å². The highest BCUT2D eigenvalue weighted by molar-refractivity contribution is 6.31. The Kier molecular flexibility index (Phi) is 3.35. The molecule has 0 saturated carbocycles. The lowest BCUT2D eigenvalue weighted by Gasteiger charge is -2.28. The van der Waals surface area contributed by atoms with E-state index in [-0.39, 0.29) is 10.8 Å². The van der Waals surface area contributed by atoms with Crippen LogP contribution >= 0.6 is 11.6 Å². The lowest BCUT2D eigenvalue weighted by Crippen LogP contribution is -2.42. The van der Waals surface area contributed by atoms with E-state index in [1.165, 1.54) is 23.1 Å². The Hall–Kier alpha value is -1.93. The molecular weight excluding hydrogens is 244 g/mol. The molecule has 17 heavy (non-hydrogen) atoms. The number of carbonyl (C=O) groups is 1. The number of nitriles is 1. The molecule has 1 aliphatic rings. The second kappa shape index (κ2) is 4.93. The molecule has 0 bridgehead atoms. The van der Waals surface area contributed by atoms with Crippen molar-refractivity contribution in [1.82, 2.24) is 4.90 Å². The number of benzene rings is 1. The van der Waals surface area contributed by atoms with E-state index < -0.39 is 6.09 Å². The van der Waals surface area contributed by atoms with Gasteiger partial charge in [-0.2, -0.15) is 5.26 Å². The zero-order valence-electron chi connectivity index (χ0n) is 8.85. The molecule has 0 N–H and O–H groups in total. The molecule has 2 rings (SSSR count). The third-order valence-electron chi connectivity index (χ3n) is 2.38. The SMILES string of the molecule is N#Cc1ccc(OOC(=O)N2CCC2)cc1Cl. The highest BCUT2D eigenvalue weighted by atomic mass is 35.5. The van der Waals surface area contributed by atoms with Crippen LogP contribution in [-0.2, 0) is 4.89 Å². The molecule has 1 aromatic rings. The van der Waals surface area contributed by atoms with E-state index in [2.05, 4.69) is 4.89 Å². The van der Waals surface area contributed by atoms with Gasteiger partial charge in [0.15, 0.2) is 5.75 Å². The van der Waals surface area contributed by atoms with Crippen molar-refractivity contribution in [3.05, 3.63) is 28.8 Å². The highest BCUT2D eigenvalue weighted by Crippen LogP contribution is 2.22. The summed E-state index contributed by atoms with van der Waals surface area (Å²) in [6.07, 6.45) is 0.467. The van der Waals surface area contributed by atoms with Crippen molar-refractivity contribution in [2.24, 2.45) is 0 Å². The largest absolute Gasteiger partial charge is 0.452 e. The van der Waals surface area contributed by atoms with Gasteiger partial charge in [-0.1, -0.05) is 11.6 Å². The maximum Gasteiger partial charge on any atom is 0.452 e. The fourth-order valence-electron chi connectivity index (χ4n) is 1.27. The zero-order chi connectivity index (χ0) is 12.3. The van der Waals surface area contributed by atoms with Crippen LogP contribution in [0.15, 0.2) is 18.2 Å². The number of amides is 1. The first-order valence-electron chi connectivity index (χ1n) is 5.04. The summed E-state index contributed by atoms with van der Waals surface area (Å²) in [5.41, 5.74) is 0.341. The van der Waals surface area contributed by atoms with Gasteiger partial charge in [-0.25, -0.2) is 9.68 Å². The van der Waals surface area contributed by atoms with Gasteiger partial charge in [0.1, 0.15) is 6.07 Å². The molecule has 0 aromatic heterocycles. The smallest absolute Gasteiger partial charge is 0.305 e. The predicted molar refractivity (Wildman–Crippen MR) is 59.5 cm³/mol. The van der Waals surface area contributed by atoms with Crippen molar-refractivity contribution in [1.29, 1.82) is 5.26 Å². The summed E-state index contributed by atoms with van der Waals surface area (Å²) in [6, 6.07) is 6.34. The van der Waals surface area contributed by atoms with Crippen LogP contribution < -0.4 is 4.89 Å². The quantitative estimate of drug-likeness (QED) is 0.599. The Morgan fingerprint density at radius 1 is 1.47 bits per heavy atom. The third kappa shape index (κ3) is 2.60. The molecule has 0 spiro atoms. The van der Waals surface area contributed by atoms with Gasteiger partial charge in [0.05, 0.1) is 10.6 Å². The van der Waals surface area contributed by atoms with Crippen LogP contribution in [0.25, 0.3) is 0 Å². The molecule has 6 heteroatoms. The van der Waals surface area contributed by atoms with E-state index in [9.17, 15) is 4.79 Å². The van der Waals surface area contributed by atoms with Gasteiger partial charge in [-0.05, 0) is 18.6 Å². The summed E-state index contributed by atoms with van der Waals surface area (Å²) in [5, 5.41) is 8.93. The molecule has 1 heterocycles.